The molecule has 3 aliphatic carbocycles. The number of nitrogens with one attached hydrogen (secondary N) is 1. The minimum atomic E-state index is -5.26. The molecular weight excluding hydrogens is 629 g/mol. The number of alkyl halides is 3. The average molecular weight is 661 g/mol. The summed E-state index contributed by atoms with van der Waals surface area (Å²) < 4.78 is 45.1. The number of phenolic OH excluding ortho intramolecular Hbond substituents is 1. The Balaban J connectivity index is 1.67. The van der Waals surface area contributed by atoms with E-state index in [0.29, 0.717) is 0 Å². The number of Topliss-reactive ketones (excluding diaryl/α,β-unsaturated/α-hetero) is 2. The summed E-state index contributed by atoms with van der Waals surface area (Å²) in [5.74, 6) is -11.4. The van der Waals surface area contributed by atoms with Gasteiger partial charge in [-0.2, -0.15) is 0 Å². The van der Waals surface area contributed by atoms with Crippen LogP contribution in [-0.4, -0.2) is 94.9 Å². The number of ether oxygens (including phenoxy) is 1. The molecule has 47 heavy (non-hydrogen) atoms. The highest BCUT2D eigenvalue weighted by Gasteiger charge is 2.64. The van der Waals surface area contributed by atoms with Gasteiger partial charge in [0, 0.05) is 48.5 Å². The van der Waals surface area contributed by atoms with E-state index in [1.807, 2.05) is 0 Å². The molecule has 2 amide bonds. The van der Waals surface area contributed by atoms with Gasteiger partial charge in [-0.25, -0.2) is 0 Å². The molecule has 0 spiro atoms. The number of anilines is 2. The number of benzene rings is 2. The summed E-state index contributed by atoms with van der Waals surface area (Å²) in [4.78, 5) is 55.5. The van der Waals surface area contributed by atoms with Gasteiger partial charge in [0.05, 0.1) is 17.3 Å². The van der Waals surface area contributed by atoms with Gasteiger partial charge in [-0.3, -0.25) is 24.1 Å². The molecule has 2 aromatic rings. The monoisotopic (exact) mass is 660 g/mol. The van der Waals surface area contributed by atoms with Crippen molar-refractivity contribution >= 4 is 40.5 Å². The fourth-order valence-electron chi connectivity index (χ4n) is 6.69. The molecule has 2 aromatic carbocycles. The smallest absolute Gasteiger partial charge is 0.508 e. The first-order chi connectivity index (χ1) is 21.8. The van der Waals surface area contributed by atoms with E-state index < -0.39 is 105 Å². The van der Waals surface area contributed by atoms with Crippen molar-refractivity contribution in [3.63, 3.8) is 0 Å². The van der Waals surface area contributed by atoms with Crippen LogP contribution in [0.5, 0.6) is 11.5 Å². The lowest BCUT2D eigenvalue weighted by Crippen LogP contribution is -2.65. The highest BCUT2D eigenvalue weighted by molar-refractivity contribution is 6.24. The van der Waals surface area contributed by atoms with E-state index in [0.717, 1.165) is 11.8 Å². The van der Waals surface area contributed by atoms with Crippen LogP contribution >= 0.6 is 0 Å². The van der Waals surface area contributed by atoms with Gasteiger partial charge in [-0.1, -0.05) is 0 Å². The zero-order chi connectivity index (χ0) is 34.9. The standard InChI is InChI=1S/C31H31F3N4O9/c1-37(2)14-7-5-12(6-8-14)29(45)36-17-11-18(47-31(32,33)34)15-9-13-10-16-22(38(3)4)25(41)21(28(35)44)27(43)30(16,46)26(42)19(13)24(40)20(15)23(17)39/h5-8,11,13,16,22,39-40,43,46H,9-10H2,1-4H3,(H2,35,44)(H,36,45)/t13-,16-,22-,30-/m0/s1. The number of halogens is 3. The molecule has 0 saturated heterocycles. The molecule has 0 bridgehead atoms. The van der Waals surface area contributed by atoms with Crippen molar-refractivity contribution in [2.45, 2.75) is 30.8 Å². The van der Waals surface area contributed by atoms with Crippen molar-refractivity contribution in [3.8, 4) is 11.5 Å². The summed E-state index contributed by atoms with van der Waals surface area (Å²) in [5.41, 5.74) is -0.106. The van der Waals surface area contributed by atoms with Gasteiger partial charge in [0.15, 0.2) is 17.1 Å². The molecule has 4 atom stereocenters. The van der Waals surface area contributed by atoms with Crippen molar-refractivity contribution in [2.75, 3.05) is 38.4 Å². The Morgan fingerprint density at radius 3 is 2.21 bits per heavy atom. The van der Waals surface area contributed by atoms with Crippen LogP contribution in [-0.2, 0) is 20.8 Å². The Hall–Kier alpha value is -5.09. The van der Waals surface area contributed by atoms with Crippen LogP contribution in [0.3, 0.4) is 0 Å². The Labute approximate surface area is 265 Å². The lowest BCUT2D eigenvalue weighted by molar-refractivity contribution is -0.275. The molecule has 0 aliphatic heterocycles. The predicted octanol–water partition coefficient (Wildman–Crippen LogP) is 2.18. The zero-order valence-electron chi connectivity index (χ0n) is 25.5. The number of hydrogen-bond donors (Lipinski definition) is 6. The molecule has 250 valence electrons. The van der Waals surface area contributed by atoms with E-state index in [1.165, 1.54) is 31.1 Å². The minimum Gasteiger partial charge on any atom is -0.508 e. The Bertz CT molecular complexity index is 1780. The third-order valence-corrected chi connectivity index (χ3v) is 8.80. The molecule has 5 rings (SSSR count). The minimum absolute atomic E-state index is 0.0687. The van der Waals surface area contributed by atoms with Gasteiger partial charge in [0.25, 0.3) is 11.8 Å². The highest BCUT2D eigenvalue weighted by atomic mass is 19.4. The van der Waals surface area contributed by atoms with Crippen molar-refractivity contribution in [2.24, 2.45) is 17.6 Å². The van der Waals surface area contributed by atoms with Crippen LogP contribution in [0.25, 0.3) is 5.76 Å². The number of likely N-dealkylation sites (N-methyl/N-ethyl adjacent to an activating group) is 1. The van der Waals surface area contributed by atoms with Crippen LogP contribution < -0.4 is 20.7 Å². The number of rotatable bonds is 6. The molecule has 0 heterocycles. The number of aliphatic hydroxyl groups excluding tert-OH is 2. The van der Waals surface area contributed by atoms with E-state index in [4.69, 9.17) is 5.73 Å². The molecular formula is C31H31F3N4O9. The van der Waals surface area contributed by atoms with Gasteiger partial charge in [-0.05, 0) is 57.1 Å². The third kappa shape index (κ3) is 5.32. The predicted molar refractivity (Wildman–Crippen MR) is 160 cm³/mol. The topological polar surface area (TPSA) is 203 Å². The Morgan fingerprint density at radius 2 is 1.68 bits per heavy atom. The molecule has 7 N–H and O–H groups in total. The van der Waals surface area contributed by atoms with Crippen LogP contribution in [0, 0.1) is 11.8 Å². The summed E-state index contributed by atoms with van der Waals surface area (Å²) in [6, 6.07) is 5.44. The van der Waals surface area contributed by atoms with Gasteiger partial charge in [0.2, 0.25) is 5.78 Å². The SMILES string of the molecule is CN(C)c1ccc(C(=O)Nc2cc(OC(F)(F)F)c3c(c2O)C(O)=C2C(=O)[C@]4(O)C(O)=C(C(N)=O)C(=O)[C@@H](N(C)C)[C@@H]4C[C@@H]2C3)cc1. The van der Waals surface area contributed by atoms with Gasteiger partial charge >= 0.3 is 6.36 Å². The number of amides is 2. The second-order valence-electron chi connectivity index (χ2n) is 12.0. The molecule has 0 radical (unpaired) electrons. The molecule has 1 fully saturated rings. The van der Waals surface area contributed by atoms with E-state index in [1.54, 1.807) is 31.1 Å². The molecule has 16 heteroatoms. The Morgan fingerprint density at radius 1 is 1.06 bits per heavy atom. The lowest BCUT2D eigenvalue weighted by Gasteiger charge is -2.50. The maximum Gasteiger partial charge on any atom is 0.573 e. The van der Waals surface area contributed by atoms with Crippen molar-refractivity contribution in [1.82, 2.24) is 4.90 Å². The molecule has 3 aliphatic rings. The number of fused-ring (bicyclic) bond motifs is 3. The number of hydrogen-bond acceptors (Lipinski definition) is 11. The summed E-state index contributed by atoms with van der Waals surface area (Å²) >= 11 is 0. The van der Waals surface area contributed by atoms with E-state index in [9.17, 15) is 52.8 Å². The first-order valence-electron chi connectivity index (χ1n) is 14.2. The summed E-state index contributed by atoms with van der Waals surface area (Å²) in [6.07, 6.45) is -6.07. The van der Waals surface area contributed by atoms with Gasteiger partial charge < -0.3 is 41.1 Å². The highest BCUT2D eigenvalue weighted by Crippen LogP contribution is 2.55. The van der Waals surface area contributed by atoms with Crippen LogP contribution in [0.4, 0.5) is 24.5 Å². The number of primary amides is 1. The summed E-state index contributed by atoms with van der Waals surface area (Å²) in [5, 5.41) is 47.7. The zero-order valence-corrected chi connectivity index (χ0v) is 25.5. The fraction of sp³-hybridized carbons (Fsp3) is 0.355. The second-order valence-corrected chi connectivity index (χ2v) is 12.0. The van der Waals surface area contributed by atoms with E-state index in [2.05, 4.69) is 10.1 Å². The normalized spacial score (nSPS) is 24.1. The number of ketones is 2. The van der Waals surface area contributed by atoms with Crippen LogP contribution in [0.1, 0.15) is 27.9 Å². The van der Waals surface area contributed by atoms with E-state index in [-0.39, 0.29) is 17.5 Å². The number of carbonyl (C=O) groups is 4. The quantitative estimate of drug-likeness (QED) is 0.196. The molecule has 1 saturated carbocycles. The second kappa shape index (κ2) is 11.3. The number of carbonyl (C=O) groups excluding carboxylic acids is 4. The summed E-state index contributed by atoms with van der Waals surface area (Å²) in [7, 11) is 6.36. The van der Waals surface area contributed by atoms with Crippen molar-refractivity contribution in [1.29, 1.82) is 0 Å². The molecule has 0 unspecified atom stereocenters. The van der Waals surface area contributed by atoms with E-state index >= 15 is 0 Å². The number of aliphatic hydroxyl groups is 3. The van der Waals surface area contributed by atoms with Gasteiger partial charge in [-0.15, -0.1) is 13.2 Å². The molecule has 0 aromatic heterocycles. The number of aromatic hydroxyl groups is 1. The largest absolute Gasteiger partial charge is 0.573 e. The maximum absolute atomic E-state index is 14.0. The first kappa shape index (κ1) is 33.3. The van der Waals surface area contributed by atoms with Crippen molar-refractivity contribution < 1.29 is 57.5 Å². The lowest BCUT2D eigenvalue weighted by atomic mass is 9.57. The number of phenols is 1. The Kier molecular flexibility index (Phi) is 8.01. The fourth-order valence-corrected chi connectivity index (χ4v) is 6.69. The third-order valence-electron chi connectivity index (χ3n) is 8.80. The van der Waals surface area contributed by atoms with Gasteiger partial charge in [0.1, 0.15) is 22.8 Å². The van der Waals surface area contributed by atoms with Crippen LogP contribution in [0.2, 0.25) is 0 Å². The molecule has 13 nitrogen and oxygen atoms in total. The van der Waals surface area contributed by atoms with Crippen molar-refractivity contribution in [3.05, 3.63) is 63.9 Å². The van der Waals surface area contributed by atoms with Crippen LogP contribution in [0.15, 0.2) is 47.2 Å². The number of nitrogens with zero attached hydrogens (tertiary/aromatic N) is 2. The first-order valence-corrected chi connectivity index (χ1v) is 14.2. The average Bonchev–Trinajstić information content (AvgIpc) is 2.96. The summed E-state index contributed by atoms with van der Waals surface area (Å²) in [6.45, 7) is 0. The maximum atomic E-state index is 14.0. The number of nitrogens with two attached hydrogens (primary N) is 1.